The van der Waals surface area contributed by atoms with Crippen LogP contribution in [0, 0.1) is 0 Å². The van der Waals surface area contributed by atoms with Gasteiger partial charge in [-0.3, -0.25) is 4.68 Å². The zero-order valence-electron chi connectivity index (χ0n) is 9.97. The monoisotopic (exact) mass is 231 g/mol. The van der Waals surface area contributed by atoms with Gasteiger partial charge in [-0.2, -0.15) is 5.10 Å². The molecule has 17 heavy (non-hydrogen) atoms. The average Bonchev–Trinajstić information content (AvgIpc) is 2.79. The van der Waals surface area contributed by atoms with Crippen LogP contribution in [0.25, 0.3) is 11.1 Å². The number of rotatable bonds is 5. The number of aromatic nitrogens is 2. The molecule has 0 aliphatic heterocycles. The Morgan fingerprint density at radius 1 is 1.35 bits per heavy atom. The van der Waals surface area contributed by atoms with Crippen LogP contribution in [0.2, 0.25) is 0 Å². The molecular weight excluding hydrogens is 214 g/mol. The minimum atomic E-state index is 0.753. The largest absolute Gasteiger partial charge is 0.398 e. The van der Waals surface area contributed by atoms with E-state index in [0.29, 0.717) is 0 Å². The predicted octanol–water partition coefficient (Wildman–Crippen LogP) is 2.17. The van der Waals surface area contributed by atoms with Crippen LogP contribution >= 0.6 is 0 Å². The van der Waals surface area contributed by atoms with Crippen LogP contribution in [0.1, 0.15) is 6.42 Å². The molecule has 4 heteroatoms. The fraction of sp³-hybridized carbons (Fsp3) is 0.308. The van der Waals surface area contributed by atoms with E-state index in [9.17, 15) is 0 Å². The molecule has 2 rings (SSSR count). The molecule has 1 aromatic carbocycles. The third kappa shape index (κ3) is 2.85. The third-order valence-corrected chi connectivity index (χ3v) is 2.64. The Labute approximate surface area is 101 Å². The molecular formula is C13H17N3O. The van der Waals surface area contributed by atoms with Crippen molar-refractivity contribution in [3.63, 3.8) is 0 Å². The van der Waals surface area contributed by atoms with Crippen LogP contribution in [0.5, 0.6) is 0 Å². The van der Waals surface area contributed by atoms with Crippen LogP contribution in [-0.4, -0.2) is 23.5 Å². The molecule has 0 saturated heterocycles. The normalized spacial score (nSPS) is 10.6. The van der Waals surface area contributed by atoms with E-state index in [4.69, 9.17) is 10.5 Å². The van der Waals surface area contributed by atoms with Crippen molar-refractivity contribution in [2.24, 2.45) is 0 Å². The number of nitrogen functional groups attached to an aromatic ring is 1. The van der Waals surface area contributed by atoms with Crippen LogP contribution in [0.3, 0.4) is 0 Å². The smallest absolute Gasteiger partial charge is 0.0569 e. The Balaban J connectivity index is 2.10. The van der Waals surface area contributed by atoms with Crippen molar-refractivity contribution in [1.29, 1.82) is 0 Å². The van der Waals surface area contributed by atoms with Gasteiger partial charge in [0.2, 0.25) is 0 Å². The summed E-state index contributed by atoms with van der Waals surface area (Å²) in [5, 5.41) is 4.31. The SMILES string of the molecule is COCCCn1cc(-c2ccccc2N)cn1. The molecule has 0 aliphatic carbocycles. The maximum atomic E-state index is 5.93. The number of anilines is 1. The standard InChI is InChI=1S/C13H17N3O/c1-17-8-4-7-16-10-11(9-15-16)12-5-2-3-6-13(12)14/h2-3,5-6,9-10H,4,7-8,14H2,1H3. The lowest BCUT2D eigenvalue weighted by Crippen LogP contribution is -2.01. The first-order valence-electron chi connectivity index (χ1n) is 5.67. The average molecular weight is 231 g/mol. The van der Waals surface area contributed by atoms with Crippen LogP contribution in [0.4, 0.5) is 5.69 Å². The molecule has 2 N–H and O–H groups in total. The van der Waals surface area contributed by atoms with Crippen molar-refractivity contribution >= 4 is 5.69 Å². The summed E-state index contributed by atoms with van der Waals surface area (Å²) in [7, 11) is 1.71. The maximum Gasteiger partial charge on any atom is 0.0569 e. The minimum Gasteiger partial charge on any atom is -0.398 e. The molecule has 0 spiro atoms. The number of hydrogen-bond acceptors (Lipinski definition) is 3. The van der Waals surface area contributed by atoms with Crippen molar-refractivity contribution in [2.75, 3.05) is 19.5 Å². The second kappa shape index (κ2) is 5.50. The maximum absolute atomic E-state index is 5.93. The Morgan fingerprint density at radius 2 is 2.18 bits per heavy atom. The van der Waals surface area contributed by atoms with Crippen LogP contribution in [-0.2, 0) is 11.3 Å². The van der Waals surface area contributed by atoms with Crippen molar-refractivity contribution in [1.82, 2.24) is 9.78 Å². The van der Waals surface area contributed by atoms with E-state index >= 15 is 0 Å². The summed E-state index contributed by atoms with van der Waals surface area (Å²) in [5.41, 5.74) is 8.80. The van der Waals surface area contributed by atoms with Gasteiger partial charge >= 0.3 is 0 Å². The van der Waals surface area contributed by atoms with Gasteiger partial charge in [0.05, 0.1) is 6.20 Å². The highest BCUT2D eigenvalue weighted by Gasteiger charge is 2.04. The van der Waals surface area contributed by atoms with E-state index in [2.05, 4.69) is 5.10 Å². The summed E-state index contributed by atoms with van der Waals surface area (Å²) < 4.78 is 6.93. The fourth-order valence-corrected chi connectivity index (χ4v) is 1.76. The summed E-state index contributed by atoms with van der Waals surface area (Å²) in [6.45, 7) is 1.61. The van der Waals surface area contributed by atoms with Crippen LogP contribution < -0.4 is 5.73 Å². The molecule has 0 radical (unpaired) electrons. The van der Waals surface area contributed by atoms with E-state index < -0.39 is 0 Å². The van der Waals surface area contributed by atoms with E-state index in [-0.39, 0.29) is 0 Å². The van der Waals surface area contributed by atoms with E-state index in [0.717, 1.165) is 36.4 Å². The van der Waals surface area contributed by atoms with Gasteiger partial charge in [0.15, 0.2) is 0 Å². The number of nitrogens with two attached hydrogens (primary N) is 1. The zero-order chi connectivity index (χ0) is 12.1. The molecule has 4 nitrogen and oxygen atoms in total. The third-order valence-electron chi connectivity index (χ3n) is 2.64. The molecule has 1 heterocycles. The summed E-state index contributed by atoms with van der Waals surface area (Å²) in [5.74, 6) is 0. The molecule has 0 aliphatic rings. The first kappa shape index (κ1) is 11.7. The highest BCUT2D eigenvalue weighted by atomic mass is 16.5. The van der Waals surface area contributed by atoms with Crippen molar-refractivity contribution in [3.8, 4) is 11.1 Å². The van der Waals surface area contributed by atoms with Crippen LogP contribution in [0.15, 0.2) is 36.7 Å². The van der Waals surface area contributed by atoms with E-state index in [1.54, 1.807) is 7.11 Å². The molecule has 0 bridgehead atoms. The second-order valence-electron chi connectivity index (χ2n) is 3.93. The number of methoxy groups -OCH3 is 1. The molecule has 0 atom stereocenters. The van der Waals surface area contributed by atoms with E-state index in [1.807, 2.05) is 41.3 Å². The molecule has 1 aromatic heterocycles. The topological polar surface area (TPSA) is 53.1 Å². The minimum absolute atomic E-state index is 0.753. The van der Waals surface area contributed by atoms with Crippen molar-refractivity contribution in [3.05, 3.63) is 36.7 Å². The molecule has 90 valence electrons. The predicted molar refractivity (Wildman–Crippen MR) is 68.6 cm³/mol. The highest BCUT2D eigenvalue weighted by molar-refractivity contribution is 5.75. The van der Waals surface area contributed by atoms with Gasteiger partial charge in [0.25, 0.3) is 0 Å². The summed E-state index contributed by atoms with van der Waals surface area (Å²) in [6.07, 6.45) is 4.82. The molecule has 0 fully saturated rings. The molecule has 0 amide bonds. The van der Waals surface area contributed by atoms with Crippen molar-refractivity contribution in [2.45, 2.75) is 13.0 Å². The Bertz CT molecular complexity index is 479. The lowest BCUT2D eigenvalue weighted by molar-refractivity contribution is 0.189. The quantitative estimate of drug-likeness (QED) is 0.633. The summed E-state index contributed by atoms with van der Waals surface area (Å²) >= 11 is 0. The fourth-order valence-electron chi connectivity index (χ4n) is 1.76. The molecule has 0 unspecified atom stereocenters. The van der Waals surface area contributed by atoms with Gasteiger partial charge in [-0.25, -0.2) is 0 Å². The highest BCUT2D eigenvalue weighted by Crippen LogP contribution is 2.24. The Hall–Kier alpha value is -1.81. The Morgan fingerprint density at radius 3 is 2.94 bits per heavy atom. The molecule has 2 aromatic rings. The van der Waals surface area contributed by atoms with Gasteiger partial charge in [0, 0.05) is 43.3 Å². The van der Waals surface area contributed by atoms with E-state index in [1.165, 1.54) is 0 Å². The van der Waals surface area contributed by atoms with Gasteiger partial charge in [-0.15, -0.1) is 0 Å². The zero-order valence-corrected chi connectivity index (χ0v) is 9.97. The summed E-state index contributed by atoms with van der Waals surface area (Å²) in [6, 6.07) is 7.82. The number of aryl methyl sites for hydroxylation is 1. The lowest BCUT2D eigenvalue weighted by Gasteiger charge is -2.02. The second-order valence-corrected chi connectivity index (χ2v) is 3.93. The number of hydrogen-bond donors (Lipinski definition) is 1. The number of para-hydroxylation sites is 1. The number of nitrogens with zero attached hydrogens (tertiary/aromatic N) is 2. The van der Waals surface area contributed by atoms with Crippen molar-refractivity contribution < 1.29 is 4.74 Å². The van der Waals surface area contributed by atoms with Gasteiger partial charge in [-0.05, 0) is 12.5 Å². The lowest BCUT2D eigenvalue weighted by atomic mass is 10.1. The van der Waals surface area contributed by atoms with Gasteiger partial charge in [0.1, 0.15) is 0 Å². The Kier molecular flexibility index (Phi) is 3.77. The van der Waals surface area contributed by atoms with Gasteiger partial charge in [-0.1, -0.05) is 18.2 Å². The first-order valence-corrected chi connectivity index (χ1v) is 5.67. The first-order chi connectivity index (χ1) is 8.31. The summed E-state index contributed by atoms with van der Waals surface area (Å²) in [4.78, 5) is 0. The number of benzene rings is 1. The number of ether oxygens (including phenoxy) is 1. The molecule has 0 saturated carbocycles. The van der Waals surface area contributed by atoms with Gasteiger partial charge < -0.3 is 10.5 Å².